The van der Waals surface area contributed by atoms with E-state index in [0.29, 0.717) is 28.2 Å². The molecule has 1 amide bonds. The molecule has 5 heteroatoms. The van der Waals surface area contributed by atoms with Gasteiger partial charge in [-0.1, -0.05) is 17.7 Å². The standard InChI is InChI=1S/C10H9BrClNO2/c11-8-4-1-3-7(9(8)12)10(14)13-5-2-6-15-13/h1,3-4H,2,5-6H2. The summed E-state index contributed by atoms with van der Waals surface area (Å²) in [5.74, 6) is -0.182. The summed E-state index contributed by atoms with van der Waals surface area (Å²) < 4.78 is 0.717. The zero-order valence-corrected chi connectivity index (χ0v) is 10.2. The molecule has 1 heterocycles. The molecule has 2 rings (SSSR count). The Kier molecular flexibility index (Phi) is 3.29. The second-order valence-corrected chi connectivity index (χ2v) is 4.43. The molecule has 15 heavy (non-hydrogen) atoms. The van der Waals surface area contributed by atoms with Crippen LogP contribution in [0.4, 0.5) is 0 Å². The van der Waals surface area contributed by atoms with E-state index in [1.807, 2.05) is 0 Å². The summed E-state index contributed by atoms with van der Waals surface area (Å²) in [4.78, 5) is 17.1. The highest BCUT2D eigenvalue weighted by molar-refractivity contribution is 9.10. The maximum Gasteiger partial charge on any atom is 0.278 e. The molecular formula is C10H9BrClNO2. The molecule has 1 saturated heterocycles. The average Bonchev–Trinajstić information content (AvgIpc) is 2.74. The molecular weight excluding hydrogens is 281 g/mol. The van der Waals surface area contributed by atoms with Gasteiger partial charge in [-0.3, -0.25) is 9.63 Å². The van der Waals surface area contributed by atoms with Crippen molar-refractivity contribution in [1.82, 2.24) is 5.06 Å². The lowest BCUT2D eigenvalue weighted by molar-refractivity contribution is -0.0768. The zero-order chi connectivity index (χ0) is 10.8. The van der Waals surface area contributed by atoms with Crippen molar-refractivity contribution in [2.45, 2.75) is 6.42 Å². The van der Waals surface area contributed by atoms with Gasteiger partial charge in [-0.15, -0.1) is 0 Å². The summed E-state index contributed by atoms with van der Waals surface area (Å²) in [6.45, 7) is 1.22. The van der Waals surface area contributed by atoms with E-state index in [1.165, 1.54) is 5.06 Å². The topological polar surface area (TPSA) is 29.5 Å². The fraction of sp³-hybridized carbons (Fsp3) is 0.300. The Bertz CT molecular complexity index is 391. The smallest absolute Gasteiger partial charge is 0.271 e. The quantitative estimate of drug-likeness (QED) is 0.796. The molecule has 3 nitrogen and oxygen atoms in total. The van der Waals surface area contributed by atoms with Crippen LogP contribution in [0, 0.1) is 0 Å². The van der Waals surface area contributed by atoms with Gasteiger partial charge in [0.2, 0.25) is 0 Å². The van der Waals surface area contributed by atoms with Gasteiger partial charge in [0.1, 0.15) is 0 Å². The molecule has 0 radical (unpaired) electrons. The monoisotopic (exact) mass is 289 g/mol. The molecule has 1 aromatic carbocycles. The van der Waals surface area contributed by atoms with E-state index < -0.39 is 0 Å². The summed E-state index contributed by atoms with van der Waals surface area (Å²) in [5, 5.41) is 1.78. The lowest BCUT2D eigenvalue weighted by atomic mass is 10.2. The van der Waals surface area contributed by atoms with Crippen LogP contribution in [-0.2, 0) is 4.84 Å². The van der Waals surface area contributed by atoms with E-state index in [9.17, 15) is 4.79 Å². The first kappa shape index (κ1) is 10.9. The van der Waals surface area contributed by atoms with Crippen LogP contribution >= 0.6 is 27.5 Å². The highest BCUT2D eigenvalue weighted by atomic mass is 79.9. The van der Waals surface area contributed by atoms with E-state index >= 15 is 0 Å². The van der Waals surface area contributed by atoms with Gasteiger partial charge < -0.3 is 0 Å². The van der Waals surface area contributed by atoms with Gasteiger partial charge in [0.25, 0.3) is 5.91 Å². The fourth-order valence-corrected chi connectivity index (χ4v) is 1.98. The number of rotatable bonds is 1. The first-order valence-corrected chi connectivity index (χ1v) is 5.76. The summed E-state index contributed by atoms with van der Waals surface area (Å²) in [7, 11) is 0. The normalized spacial score (nSPS) is 15.7. The molecule has 1 aromatic rings. The number of hydrogen-bond donors (Lipinski definition) is 0. The molecule has 80 valence electrons. The van der Waals surface area contributed by atoms with E-state index in [1.54, 1.807) is 18.2 Å². The maximum atomic E-state index is 11.9. The van der Waals surface area contributed by atoms with Crippen LogP contribution in [0.1, 0.15) is 16.8 Å². The molecule has 0 unspecified atom stereocenters. The number of carbonyl (C=O) groups excluding carboxylic acids is 1. The molecule has 1 aliphatic rings. The highest BCUT2D eigenvalue weighted by Gasteiger charge is 2.23. The number of hydroxylamine groups is 2. The van der Waals surface area contributed by atoms with E-state index in [2.05, 4.69) is 15.9 Å². The molecule has 1 fully saturated rings. The average molecular weight is 291 g/mol. The minimum atomic E-state index is -0.182. The number of carbonyl (C=O) groups is 1. The Morgan fingerprint density at radius 1 is 1.53 bits per heavy atom. The minimum absolute atomic E-state index is 0.182. The van der Waals surface area contributed by atoms with Gasteiger partial charge in [0, 0.05) is 4.47 Å². The van der Waals surface area contributed by atoms with Crippen LogP contribution in [0.25, 0.3) is 0 Å². The van der Waals surface area contributed by atoms with Crippen molar-refractivity contribution in [3.8, 4) is 0 Å². The zero-order valence-electron chi connectivity index (χ0n) is 7.87. The Hall–Kier alpha value is -0.580. The predicted octanol–water partition coefficient (Wildman–Crippen LogP) is 2.88. The lowest BCUT2D eigenvalue weighted by Crippen LogP contribution is -2.26. The van der Waals surface area contributed by atoms with Crippen molar-refractivity contribution in [3.63, 3.8) is 0 Å². The molecule has 0 spiro atoms. The van der Waals surface area contributed by atoms with Crippen molar-refractivity contribution >= 4 is 33.4 Å². The molecule has 0 bridgehead atoms. The Labute approximate surface area is 101 Å². The van der Waals surface area contributed by atoms with Crippen molar-refractivity contribution in [1.29, 1.82) is 0 Å². The highest BCUT2D eigenvalue weighted by Crippen LogP contribution is 2.27. The van der Waals surface area contributed by atoms with E-state index in [0.717, 1.165) is 6.42 Å². The third-order valence-electron chi connectivity index (χ3n) is 2.16. The van der Waals surface area contributed by atoms with E-state index in [4.69, 9.17) is 16.4 Å². The predicted molar refractivity (Wildman–Crippen MR) is 60.8 cm³/mol. The van der Waals surface area contributed by atoms with Crippen LogP contribution in [-0.4, -0.2) is 24.1 Å². The van der Waals surface area contributed by atoms with Gasteiger partial charge in [-0.2, -0.15) is 0 Å². The van der Waals surface area contributed by atoms with Crippen LogP contribution in [0.15, 0.2) is 22.7 Å². The first-order chi connectivity index (χ1) is 7.20. The van der Waals surface area contributed by atoms with Crippen LogP contribution in [0.5, 0.6) is 0 Å². The number of amides is 1. The minimum Gasteiger partial charge on any atom is -0.271 e. The van der Waals surface area contributed by atoms with Crippen LogP contribution < -0.4 is 0 Å². The SMILES string of the molecule is O=C(c1cccc(Br)c1Cl)N1CCCO1. The molecule has 0 atom stereocenters. The van der Waals surface area contributed by atoms with Crippen molar-refractivity contribution < 1.29 is 9.63 Å². The molecule has 0 N–H and O–H groups in total. The Morgan fingerprint density at radius 2 is 2.33 bits per heavy atom. The van der Waals surface area contributed by atoms with Crippen molar-refractivity contribution in [2.24, 2.45) is 0 Å². The number of halogens is 2. The van der Waals surface area contributed by atoms with Crippen LogP contribution in [0.2, 0.25) is 5.02 Å². The molecule has 0 saturated carbocycles. The summed E-state index contributed by atoms with van der Waals surface area (Å²) >= 11 is 9.30. The summed E-state index contributed by atoms with van der Waals surface area (Å²) in [5.41, 5.74) is 0.466. The third kappa shape index (κ3) is 2.17. The Balaban J connectivity index is 2.28. The van der Waals surface area contributed by atoms with Gasteiger partial charge >= 0.3 is 0 Å². The maximum absolute atomic E-state index is 11.9. The van der Waals surface area contributed by atoms with Gasteiger partial charge in [0.15, 0.2) is 0 Å². The van der Waals surface area contributed by atoms with E-state index in [-0.39, 0.29) is 5.91 Å². The molecule has 0 aliphatic carbocycles. The Morgan fingerprint density at radius 3 is 3.00 bits per heavy atom. The van der Waals surface area contributed by atoms with Gasteiger partial charge in [-0.05, 0) is 34.5 Å². The largest absolute Gasteiger partial charge is 0.278 e. The summed E-state index contributed by atoms with van der Waals surface area (Å²) in [6, 6.07) is 5.26. The van der Waals surface area contributed by atoms with Gasteiger partial charge in [0.05, 0.1) is 23.7 Å². The molecule has 0 aromatic heterocycles. The second kappa shape index (κ2) is 4.51. The third-order valence-corrected chi connectivity index (χ3v) is 3.46. The number of hydrogen-bond acceptors (Lipinski definition) is 2. The second-order valence-electron chi connectivity index (χ2n) is 3.20. The number of benzene rings is 1. The fourth-order valence-electron chi connectivity index (χ4n) is 1.41. The van der Waals surface area contributed by atoms with Crippen LogP contribution in [0.3, 0.4) is 0 Å². The molecule has 1 aliphatic heterocycles. The van der Waals surface area contributed by atoms with Crippen molar-refractivity contribution in [3.05, 3.63) is 33.3 Å². The number of nitrogens with zero attached hydrogens (tertiary/aromatic N) is 1. The lowest BCUT2D eigenvalue weighted by Gasteiger charge is -2.14. The van der Waals surface area contributed by atoms with Gasteiger partial charge in [-0.25, -0.2) is 5.06 Å². The van der Waals surface area contributed by atoms with Crippen molar-refractivity contribution in [2.75, 3.05) is 13.2 Å². The summed E-state index contributed by atoms with van der Waals surface area (Å²) in [6.07, 6.45) is 0.872. The first-order valence-electron chi connectivity index (χ1n) is 4.59.